The maximum atomic E-state index is 11.7. The van der Waals surface area contributed by atoms with Gasteiger partial charge in [0.2, 0.25) is 0 Å². The molecule has 1 N–H and O–H groups in total. The maximum absolute atomic E-state index is 11.7. The molecule has 0 aliphatic heterocycles. The lowest BCUT2D eigenvalue weighted by atomic mass is 10.2. The molecular weight excluding hydrogens is 222 g/mol. The topological polar surface area (TPSA) is 42.2 Å². The smallest absolute Gasteiger partial charge is 0.261 e. The van der Waals surface area contributed by atoms with Crippen LogP contribution in [0.3, 0.4) is 0 Å². The molecule has 0 radical (unpaired) electrons. The number of rotatable bonds is 4. The van der Waals surface area contributed by atoms with Crippen molar-refractivity contribution in [1.82, 2.24) is 5.32 Å². The molecule has 0 unspecified atom stereocenters. The zero-order valence-electron chi connectivity index (χ0n) is 8.97. The van der Waals surface area contributed by atoms with Crippen molar-refractivity contribution in [3.8, 4) is 0 Å². The standard InChI is InChI=1S/C12H13NO2S/c1-9(8-10-4-2-6-15-10)13-12(14)11-5-3-7-16-11/h2-7,9H,8H2,1H3,(H,13,14)/t9-/m1/s1. The first-order chi connectivity index (χ1) is 7.75. The molecule has 3 nitrogen and oxygen atoms in total. The van der Waals surface area contributed by atoms with E-state index in [9.17, 15) is 4.79 Å². The van der Waals surface area contributed by atoms with Gasteiger partial charge in [-0.25, -0.2) is 0 Å². The van der Waals surface area contributed by atoms with Crippen molar-refractivity contribution in [2.75, 3.05) is 0 Å². The summed E-state index contributed by atoms with van der Waals surface area (Å²) in [6, 6.07) is 7.52. The van der Waals surface area contributed by atoms with E-state index >= 15 is 0 Å². The summed E-state index contributed by atoms with van der Waals surface area (Å²) in [5.41, 5.74) is 0. The molecule has 84 valence electrons. The van der Waals surface area contributed by atoms with Crippen LogP contribution in [0, 0.1) is 0 Å². The van der Waals surface area contributed by atoms with Gasteiger partial charge in [0, 0.05) is 12.5 Å². The van der Waals surface area contributed by atoms with E-state index in [-0.39, 0.29) is 11.9 Å². The van der Waals surface area contributed by atoms with Crippen LogP contribution in [-0.4, -0.2) is 11.9 Å². The molecule has 0 aliphatic carbocycles. The van der Waals surface area contributed by atoms with Crippen molar-refractivity contribution in [1.29, 1.82) is 0 Å². The molecule has 0 saturated heterocycles. The van der Waals surface area contributed by atoms with Crippen molar-refractivity contribution in [2.24, 2.45) is 0 Å². The minimum Gasteiger partial charge on any atom is -0.469 e. The highest BCUT2D eigenvalue weighted by Crippen LogP contribution is 2.09. The largest absolute Gasteiger partial charge is 0.469 e. The molecule has 0 bridgehead atoms. The number of hydrogen-bond donors (Lipinski definition) is 1. The quantitative estimate of drug-likeness (QED) is 0.885. The van der Waals surface area contributed by atoms with Crippen LogP contribution < -0.4 is 5.32 Å². The van der Waals surface area contributed by atoms with Gasteiger partial charge in [0.05, 0.1) is 11.1 Å². The molecule has 2 aromatic heterocycles. The molecular formula is C12H13NO2S. The molecule has 2 rings (SSSR count). The number of nitrogens with one attached hydrogen (secondary N) is 1. The summed E-state index contributed by atoms with van der Waals surface area (Å²) in [5, 5.41) is 4.83. The summed E-state index contributed by atoms with van der Waals surface area (Å²) in [5.74, 6) is 0.869. The number of thiophene rings is 1. The van der Waals surface area contributed by atoms with Crippen LogP contribution in [0.1, 0.15) is 22.4 Å². The Bertz CT molecular complexity index is 434. The van der Waals surface area contributed by atoms with Crippen molar-refractivity contribution < 1.29 is 9.21 Å². The second kappa shape index (κ2) is 4.99. The van der Waals surface area contributed by atoms with Crippen LogP contribution >= 0.6 is 11.3 Å². The average Bonchev–Trinajstić information content (AvgIpc) is 2.88. The molecule has 16 heavy (non-hydrogen) atoms. The zero-order chi connectivity index (χ0) is 11.4. The summed E-state index contributed by atoms with van der Waals surface area (Å²) in [6.45, 7) is 1.97. The van der Waals surface area contributed by atoms with Crippen LogP contribution in [0.5, 0.6) is 0 Å². The highest BCUT2D eigenvalue weighted by atomic mass is 32.1. The fourth-order valence-electron chi connectivity index (χ4n) is 1.48. The summed E-state index contributed by atoms with van der Waals surface area (Å²) in [6.07, 6.45) is 2.35. The third kappa shape index (κ3) is 2.73. The van der Waals surface area contributed by atoms with Crippen molar-refractivity contribution in [2.45, 2.75) is 19.4 Å². The normalized spacial score (nSPS) is 12.3. The van der Waals surface area contributed by atoms with Gasteiger partial charge in [-0.05, 0) is 30.5 Å². The summed E-state index contributed by atoms with van der Waals surface area (Å²) in [7, 11) is 0. The van der Waals surface area contributed by atoms with Gasteiger partial charge in [-0.2, -0.15) is 0 Å². The van der Waals surface area contributed by atoms with Gasteiger partial charge < -0.3 is 9.73 Å². The van der Waals surface area contributed by atoms with E-state index in [2.05, 4.69) is 5.32 Å². The number of amides is 1. The second-order valence-corrected chi connectivity index (χ2v) is 4.58. The lowest BCUT2D eigenvalue weighted by Gasteiger charge is -2.11. The van der Waals surface area contributed by atoms with Crippen LogP contribution in [0.2, 0.25) is 0 Å². The molecule has 2 aromatic rings. The first-order valence-corrected chi connectivity index (χ1v) is 6.00. The lowest BCUT2D eigenvalue weighted by Crippen LogP contribution is -2.33. The second-order valence-electron chi connectivity index (χ2n) is 3.64. The van der Waals surface area contributed by atoms with E-state index in [0.29, 0.717) is 6.42 Å². The predicted octanol–water partition coefficient (Wildman–Crippen LogP) is 2.70. The fourth-order valence-corrected chi connectivity index (χ4v) is 2.11. The lowest BCUT2D eigenvalue weighted by molar-refractivity contribution is 0.0943. The van der Waals surface area contributed by atoms with E-state index in [0.717, 1.165) is 10.6 Å². The van der Waals surface area contributed by atoms with Gasteiger partial charge in [-0.15, -0.1) is 11.3 Å². The highest BCUT2D eigenvalue weighted by Gasteiger charge is 2.11. The number of carbonyl (C=O) groups excluding carboxylic acids is 1. The Morgan fingerprint density at radius 2 is 2.38 bits per heavy atom. The third-order valence-corrected chi connectivity index (χ3v) is 3.08. The molecule has 0 aromatic carbocycles. The molecule has 1 amide bonds. The fraction of sp³-hybridized carbons (Fsp3) is 0.250. The van der Waals surface area contributed by atoms with Crippen LogP contribution in [-0.2, 0) is 6.42 Å². The average molecular weight is 235 g/mol. The molecule has 0 spiro atoms. The van der Waals surface area contributed by atoms with E-state index in [1.807, 2.05) is 36.6 Å². The predicted molar refractivity (Wildman–Crippen MR) is 63.7 cm³/mol. The molecule has 1 atom stereocenters. The molecule has 0 fully saturated rings. The monoisotopic (exact) mass is 235 g/mol. The van der Waals surface area contributed by atoms with Crippen molar-refractivity contribution in [3.63, 3.8) is 0 Å². The first-order valence-electron chi connectivity index (χ1n) is 5.12. The molecule has 2 heterocycles. The maximum Gasteiger partial charge on any atom is 0.261 e. The van der Waals surface area contributed by atoms with E-state index in [4.69, 9.17) is 4.42 Å². The van der Waals surface area contributed by atoms with E-state index < -0.39 is 0 Å². The van der Waals surface area contributed by atoms with E-state index in [1.165, 1.54) is 11.3 Å². The van der Waals surface area contributed by atoms with Gasteiger partial charge >= 0.3 is 0 Å². The Labute approximate surface area is 98.1 Å². The van der Waals surface area contributed by atoms with Gasteiger partial charge in [-0.1, -0.05) is 6.07 Å². The molecule has 4 heteroatoms. The van der Waals surface area contributed by atoms with Gasteiger partial charge in [-0.3, -0.25) is 4.79 Å². The summed E-state index contributed by atoms with van der Waals surface area (Å²) in [4.78, 5) is 12.5. The van der Waals surface area contributed by atoms with E-state index in [1.54, 1.807) is 6.26 Å². The van der Waals surface area contributed by atoms with Crippen molar-refractivity contribution >= 4 is 17.2 Å². The Hall–Kier alpha value is -1.55. The Kier molecular flexibility index (Phi) is 3.41. The molecule has 0 saturated carbocycles. The van der Waals surface area contributed by atoms with Gasteiger partial charge in [0.15, 0.2) is 0 Å². The van der Waals surface area contributed by atoms with Crippen molar-refractivity contribution in [3.05, 3.63) is 46.5 Å². The zero-order valence-corrected chi connectivity index (χ0v) is 9.79. The first kappa shape index (κ1) is 11.0. The third-order valence-electron chi connectivity index (χ3n) is 2.21. The van der Waals surface area contributed by atoms with Crippen LogP contribution in [0.25, 0.3) is 0 Å². The summed E-state index contributed by atoms with van der Waals surface area (Å²) < 4.78 is 5.23. The SMILES string of the molecule is C[C@H](Cc1ccco1)NC(=O)c1cccs1. The minimum atomic E-state index is -0.0194. The van der Waals surface area contributed by atoms with Crippen LogP contribution in [0.4, 0.5) is 0 Å². The molecule has 0 aliphatic rings. The number of hydrogen-bond acceptors (Lipinski definition) is 3. The minimum absolute atomic E-state index is 0.0194. The number of furan rings is 1. The summed E-state index contributed by atoms with van der Waals surface area (Å²) >= 11 is 1.45. The van der Waals surface area contributed by atoms with Crippen LogP contribution in [0.15, 0.2) is 40.3 Å². The van der Waals surface area contributed by atoms with Gasteiger partial charge in [0.25, 0.3) is 5.91 Å². The highest BCUT2D eigenvalue weighted by molar-refractivity contribution is 7.12. The Morgan fingerprint density at radius 1 is 1.50 bits per heavy atom. The number of carbonyl (C=O) groups is 1. The Morgan fingerprint density at radius 3 is 3.00 bits per heavy atom. The Balaban J connectivity index is 1.88. The van der Waals surface area contributed by atoms with Gasteiger partial charge in [0.1, 0.15) is 5.76 Å².